The summed E-state index contributed by atoms with van der Waals surface area (Å²) in [6.45, 7) is 0. The first-order valence-electron chi connectivity index (χ1n) is 5.07. The molecule has 2 aromatic rings. The monoisotopic (exact) mass is 292 g/mol. The van der Waals surface area contributed by atoms with Gasteiger partial charge < -0.3 is 0 Å². The fourth-order valence-corrected chi connectivity index (χ4v) is 1.25. The summed E-state index contributed by atoms with van der Waals surface area (Å²) in [5.74, 6) is 0. The van der Waals surface area contributed by atoms with Crippen LogP contribution in [0.4, 0.5) is 0 Å². The molecule has 0 spiro atoms. The van der Waals surface area contributed by atoms with E-state index >= 15 is 0 Å². The van der Waals surface area contributed by atoms with E-state index in [1.165, 1.54) is 0 Å². The Kier molecular flexibility index (Phi) is 6.30. The van der Waals surface area contributed by atoms with Crippen molar-refractivity contribution in [1.29, 1.82) is 0 Å². The minimum atomic E-state index is 0. The quantitative estimate of drug-likeness (QED) is 0.587. The average molecular weight is 293 g/mol. The molecule has 0 fully saturated rings. The van der Waals surface area contributed by atoms with Gasteiger partial charge in [-0.2, -0.15) is 11.1 Å². The van der Waals surface area contributed by atoms with Crippen molar-refractivity contribution >= 4 is 0 Å². The van der Waals surface area contributed by atoms with Crippen LogP contribution in [0.25, 0.3) is 0 Å². The minimum Gasteiger partial charge on any atom is -0.296 e. The van der Waals surface area contributed by atoms with Crippen molar-refractivity contribution in [3.63, 3.8) is 0 Å². The SMILES string of the molecule is C(=C=[C-]c1ccccc1)=[C-]c1ccccc1.[Zr+2]. The molecule has 0 N–H and O–H groups in total. The van der Waals surface area contributed by atoms with Gasteiger partial charge in [0.25, 0.3) is 0 Å². The molecule has 0 amide bonds. The second-order valence-electron chi connectivity index (χ2n) is 3.23. The van der Waals surface area contributed by atoms with E-state index in [9.17, 15) is 0 Å². The third kappa shape index (κ3) is 4.98. The zero-order valence-electron chi connectivity index (χ0n) is 9.27. The molecule has 0 heterocycles. The van der Waals surface area contributed by atoms with Crippen molar-refractivity contribution in [3.8, 4) is 0 Å². The number of benzene rings is 2. The standard InChI is InChI=1S/C16H10.Zr/c1-3-9-15(10-4-1)13-7-8-14-16-11-5-2-6-12-16;/h1-6,9-12H;/q-2;+2. The van der Waals surface area contributed by atoms with E-state index < -0.39 is 0 Å². The molecule has 0 aliphatic carbocycles. The molecule has 1 heteroatoms. The van der Waals surface area contributed by atoms with Crippen molar-refractivity contribution in [1.82, 2.24) is 0 Å². The Morgan fingerprint density at radius 1 is 0.588 bits per heavy atom. The van der Waals surface area contributed by atoms with Crippen LogP contribution in [-0.4, -0.2) is 0 Å². The van der Waals surface area contributed by atoms with Gasteiger partial charge in [0.05, 0.1) is 0 Å². The molecular formula is C16H10Zr. The van der Waals surface area contributed by atoms with Gasteiger partial charge in [-0.15, -0.1) is 60.7 Å². The fourth-order valence-electron chi connectivity index (χ4n) is 1.25. The van der Waals surface area contributed by atoms with Crippen molar-refractivity contribution < 1.29 is 26.2 Å². The smallest absolute Gasteiger partial charge is 0.296 e. The van der Waals surface area contributed by atoms with E-state index in [1.54, 1.807) is 0 Å². The maximum atomic E-state index is 2.99. The Balaban J connectivity index is 0.00000144. The molecule has 2 aromatic carbocycles. The molecule has 78 valence electrons. The summed E-state index contributed by atoms with van der Waals surface area (Å²) in [5, 5.41) is 0. The zero-order chi connectivity index (χ0) is 11.1. The van der Waals surface area contributed by atoms with E-state index in [0.717, 1.165) is 11.1 Å². The predicted molar refractivity (Wildman–Crippen MR) is 64.6 cm³/mol. The first kappa shape index (κ1) is 13.7. The molecule has 0 saturated heterocycles. The fraction of sp³-hybridized carbons (Fsp3) is 0. The third-order valence-electron chi connectivity index (χ3n) is 2.02. The first-order valence-corrected chi connectivity index (χ1v) is 5.07. The summed E-state index contributed by atoms with van der Waals surface area (Å²) in [6.07, 6.45) is 5.98. The van der Waals surface area contributed by atoms with E-state index in [4.69, 9.17) is 0 Å². The topological polar surface area (TPSA) is 0 Å². The molecule has 0 saturated carbocycles. The second-order valence-corrected chi connectivity index (χ2v) is 3.23. The van der Waals surface area contributed by atoms with Gasteiger partial charge in [-0.05, 0) is 0 Å². The third-order valence-corrected chi connectivity index (χ3v) is 2.02. The first-order chi connectivity index (χ1) is 7.95. The number of rotatable bonds is 2. The van der Waals surface area contributed by atoms with Crippen LogP contribution < -0.4 is 0 Å². The van der Waals surface area contributed by atoms with E-state index in [2.05, 4.69) is 23.6 Å². The Morgan fingerprint density at radius 3 is 1.29 bits per heavy atom. The van der Waals surface area contributed by atoms with Gasteiger partial charge >= 0.3 is 26.2 Å². The summed E-state index contributed by atoms with van der Waals surface area (Å²) in [4.78, 5) is 0. The summed E-state index contributed by atoms with van der Waals surface area (Å²) >= 11 is 0. The van der Waals surface area contributed by atoms with Gasteiger partial charge in [0.2, 0.25) is 0 Å². The van der Waals surface area contributed by atoms with Gasteiger partial charge in [-0.1, -0.05) is 12.1 Å². The summed E-state index contributed by atoms with van der Waals surface area (Å²) in [6, 6.07) is 19.7. The largest absolute Gasteiger partial charge is 2.00 e. The molecule has 0 unspecified atom stereocenters. The van der Waals surface area contributed by atoms with Crippen molar-refractivity contribution in [2.24, 2.45) is 0 Å². The normalized spacial score (nSPS) is 8.24. The predicted octanol–water partition coefficient (Wildman–Crippen LogP) is 3.55. The van der Waals surface area contributed by atoms with Crippen LogP contribution in [0.5, 0.6) is 0 Å². The van der Waals surface area contributed by atoms with Crippen LogP contribution in [0.15, 0.2) is 72.1 Å². The van der Waals surface area contributed by atoms with Crippen LogP contribution in [0.2, 0.25) is 0 Å². The minimum absolute atomic E-state index is 0. The van der Waals surface area contributed by atoms with Crippen LogP contribution >= 0.6 is 0 Å². The molecule has 0 bridgehead atoms. The Morgan fingerprint density at radius 2 is 0.941 bits per heavy atom. The van der Waals surface area contributed by atoms with E-state index in [1.807, 2.05) is 60.7 Å². The number of hydrogen-bond acceptors (Lipinski definition) is 0. The Hall–Kier alpha value is -1.38. The molecule has 17 heavy (non-hydrogen) atoms. The average Bonchev–Trinajstić information content (AvgIpc) is 2.37. The molecule has 0 radical (unpaired) electrons. The van der Waals surface area contributed by atoms with Gasteiger partial charge in [-0.3, -0.25) is 11.5 Å². The molecule has 0 aliphatic rings. The summed E-state index contributed by atoms with van der Waals surface area (Å²) in [5.41, 5.74) is 7.66. The summed E-state index contributed by atoms with van der Waals surface area (Å²) in [7, 11) is 0. The van der Waals surface area contributed by atoms with Crippen molar-refractivity contribution in [2.45, 2.75) is 0 Å². The maximum absolute atomic E-state index is 2.99. The van der Waals surface area contributed by atoms with Gasteiger partial charge in [-0.25, -0.2) is 0 Å². The maximum Gasteiger partial charge on any atom is 2.00 e. The molecular weight excluding hydrogens is 283 g/mol. The van der Waals surface area contributed by atoms with E-state index in [0.29, 0.717) is 0 Å². The number of hydrogen-bond donors (Lipinski definition) is 0. The van der Waals surface area contributed by atoms with Crippen LogP contribution in [0, 0.1) is 12.2 Å². The van der Waals surface area contributed by atoms with Gasteiger partial charge in [0.1, 0.15) is 0 Å². The van der Waals surface area contributed by atoms with Crippen molar-refractivity contribution in [3.05, 3.63) is 95.4 Å². The van der Waals surface area contributed by atoms with Crippen LogP contribution in [0.1, 0.15) is 11.1 Å². The zero-order valence-corrected chi connectivity index (χ0v) is 11.7. The van der Waals surface area contributed by atoms with E-state index in [-0.39, 0.29) is 26.2 Å². The molecule has 2 rings (SSSR count). The van der Waals surface area contributed by atoms with Gasteiger partial charge in [0, 0.05) is 0 Å². The summed E-state index contributed by atoms with van der Waals surface area (Å²) < 4.78 is 0. The Labute approximate surface area is 121 Å². The van der Waals surface area contributed by atoms with Crippen LogP contribution in [0.3, 0.4) is 0 Å². The van der Waals surface area contributed by atoms with Crippen LogP contribution in [-0.2, 0) is 26.2 Å². The van der Waals surface area contributed by atoms with Gasteiger partial charge in [0.15, 0.2) is 0 Å². The molecule has 0 aliphatic heterocycles. The van der Waals surface area contributed by atoms with Crippen molar-refractivity contribution in [2.75, 3.05) is 0 Å². The second kappa shape index (κ2) is 7.83. The molecule has 0 nitrogen and oxygen atoms in total. The molecule has 0 atom stereocenters. The Bertz CT molecular complexity index is 477. The molecule has 0 aromatic heterocycles.